The lowest BCUT2D eigenvalue weighted by Crippen LogP contribution is -2.58. The van der Waals surface area contributed by atoms with E-state index in [-0.39, 0.29) is 54.1 Å². The van der Waals surface area contributed by atoms with Crippen molar-refractivity contribution in [3.63, 3.8) is 0 Å². The van der Waals surface area contributed by atoms with Gasteiger partial charge in [-0.15, -0.1) is 0 Å². The van der Waals surface area contributed by atoms with Crippen LogP contribution in [0.25, 0.3) is 11.5 Å². The third-order valence-corrected chi connectivity index (χ3v) is 5.58. The van der Waals surface area contributed by atoms with Crippen LogP contribution in [0.4, 0.5) is 23.4 Å². The van der Waals surface area contributed by atoms with Crippen molar-refractivity contribution in [2.24, 2.45) is 7.05 Å². The molecule has 4 rings (SSSR count). The van der Waals surface area contributed by atoms with E-state index in [0.29, 0.717) is 0 Å². The van der Waals surface area contributed by atoms with Gasteiger partial charge in [0, 0.05) is 32.5 Å². The molecule has 0 bridgehead atoms. The summed E-state index contributed by atoms with van der Waals surface area (Å²) < 4.78 is 59.1. The molecule has 9 nitrogen and oxygen atoms in total. The molecule has 1 fully saturated rings. The minimum atomic E-state index is -4.48. The number of anilines is 1. The number of carbonyl (C=O) groups is 1. The Hall–Kier alpha value is -3.61. The molecule has 0 radical (unpaired) electrons. The summed E-state index contributed by atoms with van der Waals surface area (Å²) in [5.74, 6) is -0.627. The van der Waals surface area contributed by atoms with Crippen LogP contribution in [0.15, 0.2) is 36.9 Å². The number of nitrogens with one attached hydrogen (secondary N) is 1. The molecule has 0 spiro atoms. The number of aryl methyl sites for hydroxylation is 1. The maximum Gasteiger partial charge on any atom is 0.417 e. The Morgan fingerprint density at radius 1 is 1.17 bits per heavy atom. The summed E-state index contributed by atoms with van der Waals surface area (Å²) in [4.78, 5) is 27.0. The van der Waals surface area contributed by atoms with Crippen LogP contribution in [0, 0.1) is 5.82 Å². The van der Waals surface area contributed by atoms with Crippen LogP contribution in [0.1, 0.15) is 29.8 Å². The Morgan fingerprint density at radius 2 is 1.89 bits per heavy atom. The standard InChI is InChI=1S/C22H23F4N7O2/c1-12-10-33(21(34)16-11-32(3)31-19(16)20-29-7-15(23)8-30-20)17(13(2)35-12)9-28-18-5-4-14(6-27-18)22(24,25)26/h4-8,11-13,17H,9-10H2,1-3H3,(H,27,28)/t12-,13+,17-/m1/s1. The minimum Gasteiger partial charge on any atom is -0.372 e. The van der Waals surface area contributed by atoms with E-state index in [0.717, 1.165) is 24.7 Å². The van der Waals surface area contributed by atoms with Crippen LogP contribution in [0.3, 0.4) is 0 Å². The van der Waals surface area contributed by atoms with Crippen LogP contribution in [0.2, 0.25) is 0 Å². The lowest BCUT2D eigenvalue weighted by molar-refractivity contribution is -0.137. The molecule has 0 aliphatic carbocycles. The number of aromatic nitrogens is 5. The molecular formula is C22H23F4N7O2. The predicted octanol–water partition coefficient (Wildman–Crippen LogP) is 3.16. The number of rotatable bonds is 5. The van der Waals surface area contributed by atoms with Crippen molar-refractivity contribution in [1.82, 2.24) is 29.6 Å². The molecule has 13 heteroatoms. The fourth-order valence-electron chi connectivity index (χ4n) is 3.95. The number of amides is 1. The van der Waals surface area contributed by atoms with Gasteiger partial charge >= 0.3 is 6.18 Å². The van der Waals surface area contributed by atoms with Crippen molar-refractivity contribution in [3.05, 3.63) is 53.9 Å². The van der Waals surface area contributed by atoms with E-state index in [1.54, 1.807) is 11.9 Å². The van der Waals surface area contributed by atoms with Gasteiger partial charge in [0.05, 0.1) is 41.8 Å². The van der Waals surface area contributed by atoms with Crippen LogP contribution in [0.5, 0.6) is 0 Å². The first kappa shape index (κ1) is 24.5. The average molecular weight is 493 g/mol. The fraction of sp³-hybridized carbons (Fsp3) is 0.409. The molecule has 3 aromatic rings. The average Bonchev–Trinajstić information content (AvgIpc) is 3.19. The van der Waals surface area contributed by atoms with E-state index < -0.39 is 23.6 Å². The molecule has 0 unspecified atom stereocenters. The Morgan fingerprint density at radius 3 is 2.51 bits per heavy atom. The Bertz CT molecular complexity index is 1180. The highest BCUT2D eigenvalue weighted by molar-refractivity contribution is 5.99. The predicted molar refractivity (Wildman–Crippen MR) is 117 cm³/mol. The molecule has 1 amide bonds. The summed E-state index contributed by atoms with van der Waals surface area (Å²) in [5, 5.41) is 7.28. The number of halogens is 4. The van der Waals surface area contributed by atoms with Crippen molar-refractivity contribution < 1.29 is 27.1 Å². The van der Waals surface area contributed by atoms with Gasteiger partial charge in [0.2, 0.25) is 0 Å². The summed E-state index contributed by atoms with van der Waals surface area (Å²) in [6.07, 6.45) is -0.840. The van der Waals surface area contributed by atoms with Gasteiger partial charge in [0.15, 0.2) is 11.6 Å². The Balaban J connectivity index is 1.57. The number of morpholine rings is 1. The van der Waals surface area contributed by atoms with Crippen molar-refractivity contribution in [2.45, 2.75) is 38.3 Å². The number of alkyl halides is 3. The van der Waals surface area contributed by atoms with Gasteiger partial charge in [-0.2, -0.15) is 18.3 Å². The van der Waals surface area contributed by atoms with E-state index in [4.69, 9.17) is 4.74 Å². The molecule has 35 heavy (non-hydrogen) atoms. The zero-order chi connectivity index (χ0) is 25.3. The molecule has 1 N–H and O–H groups in total. The third kappa shape index (κ3) is 5.39. The van der Waals surface area contributed by atoms with Crippen molar-refractivity contribution in [2.75, 3.05) is 18.4 Å². The quantitative estimate of drug-likeness (QED) is 0.546. The molecule has 1 aliphatic heterocycles. The first-order valence-electron chi connectivity index (χ1n) is 10.8. The molecule has 4 heterocycles. The summed E-state index contributed by atoms with van der Waals surface area (Å²) in [5.41, 5.74) is -0.409. The van der Waals surface area contributed by atoms with Crippen LogP contribution < -0.4 is 5.32 Å². The molecule has 1 saturated heterocycles. The molecule has 0 aromatic carbocycles. The topological polar surface area (TPSA) is 98.1 Å². The molecule has 1 aliphatic rings. The zero-order valence-corrected chi connectivity index (χ0v) is 19.1. The second-order valence-electron chi connectivity index (χ2n) is 8.28. The van der Waals surface area contributed by atoms with E-state index in [9.17, 15) is 22.4 Å². The lowest BCUT2D eigenvalue weighted by atomic mass is 10.0. The fourth-order valence-corrected chi connectivity index (χ4v) is 3.95. The van der Waals surface area contributed by atoms with Gasteiger partial charge in [-0.1, -0.05) is 0 Å². The highest BCUT2D eigenvalue weighted by atomic mass is 19.4. The SMILES string of the molecule is C[C@@H]1CN(C(=O)c2cn(C)nc2-c2ncc(F)cn2)[C@H](CNc2ccc(C(F)(F)F)cn2)[C@H](C)O1. The third-order valence-electron chi connectivity index (χ3n) is 5.58. The highest BCUT2D eigenvalue weighted by Crippen LogP contribution is 2.29. The van der Waals surface area contributed by atoms with E-state index in [1.165, 1.54) is 16.9 Å². The van der Waals surface area contributed by atoms with E-state index >= 15 is 0 Å². The van der Waals surface area contributed by atoms with Crippen molar-refractivity contribution in [3.8, 4) is 11.5 Å². The van der Waals surface area contributed by atoms with Gasteiger partial charge in [-0.25, -0.2) is 19.3 Å². The maximum atomic E-state index is 13.7. The lowest BCUT2D eigenvalue weighted by Gasteiger charge is -2.42. The van der Waals surface area contributed by atoms with Gasteiger partial charge in [-0.05, 0) is 26.0 Å². The Labute approximate surface area is 198 Å². The normalized spacial score (nSPS) is 20.7. The number of hydrogen-bond acceptors (Lipinski definition) is 7. The zero-order valence-electron chi connectivity index (χ0n) is 19.1. The number of hydrogen-bond donors (Lipinski definition) is 1. The molecule has 0 saturated carbocycles. The number of ether oxygens (including phenoxy) is 1. The summed E-state index contributed by atoms with van der Waals surface area (Å²) >= 11 is 0. The van der Waals surface area contributed by atoms with Crippen molar-refractivity contribution in [1.29, 1.82) is 0 Å². The first-order valence-corrected chi connectivity index (χ1v) is 10.8. The highest BCUT2D eigenvalue weighted by Gasteiger charge is 2.38. The molecule has 186 valence electrons. The number of pyridine rings is 1. The van der Waals surface area contributed by atoms with Gasteiger partial charge in [-0.3, -0.25) is 9.48 Å². The Kier molecular flexibility index (Phi) is 6.70. The van der Waals surface area contributed by atoms with Crippen molar-refractivity contribution >= 4 is 11.7 Å². The van der Waals surface area contributed by atoms with Gasteiger partial charge in [0.1, 0.15) is 11.5 Å². The molecular weight excluding hydrogens is 470 g/mol. The van der Waals surface area contributed by atoms with E-state index in [2.05, 4.69) is 25.4 Å². The molecule has 3 aromatic heterocycles. The smallest absolute Gasteiger partial charge is 0.372 e. The van der Waals surface area contributed by atoms with E-state index in [1.807, 2.05) is 13.8 Å². The van der Waals surface area contributed by atoms with Gasteiger partial charge in [0.25, 0.3) is 5.91 Å². The maximum absolute atomic E-state index is 13.7. The monoisotopic (exact) mass is 493 g/mol. The summed E-state index contributed by atoms with van der Waals surface area (Å²) in [6, 6.07) is 1.70. The largest absolute Gasteiger partial charge is 0.417 e. The summed E-state index contributed by atoms with van der Waals surface area (Å²) in [7, 11) is 1.64. The van der Waals surface area contributed by atoms with Crippen LogP contribution in [-0.4, -0.2) is 66.9 Å². The number of carbonyl (C=O) groups excluding carboxylic acids is 1. The summed E-state index contributed by atoms with van der Waals surface area (Å²) in [6.45, 7) is 4.11. The number of nitrogens with zero attached hydrogens (tertiary/aromatic N) is 6. The second kappa shape index (κ2) is 9.56. The second-order valence-corrected chi connectivity index (χ2v) is 8.28. The van der Waals surface area contributed by atoms with Crippen LogP contribution in [-0.2, 0) is 18.0 Å². The first-order chi connectivity index (χ1) is 16.5. The van der Waals surface area contributed by atoms with Gasteiger partial charge < -0.3 is 15.0 Å². The minimum absolute atomic E-state index is 0.105. The molecule has 3 atom stereocenters. The van der Waals surface area contributed by atoms with Crippen LogP contribution >= 0.6 is 0 Å².